The van der Waals surface area contributed by atoms with Crippen molar-refractivity contribution in [3.05, 3.63) is 28.8 Å². The van der Waals surface area contributed by atoms with Crippen LogP contribution in [0.3, 0.4) is 0 Å². The molecule has 0 spiro atoms. The van der Waals surface area contributed by atoms with Crippen LogP contribution in [0.1, 0.15) is 40.4 Å². The van der Waals surface area contributed by atoms with Crippen LogP contribution in [0.5, 0.6) is 5.75 Å². The fraction of sp³-hybridized carbons (Fsp3) is 0.500. The second-order valence-corrected chi connectivity index (χ2v) is 5.28. The summed E-state index contributed by atoms with van der Waals surface area (Å²) in [5.74, 6) is 0.475. The summed E-state index contributed by atoms with van der Waals surface area (Å²) < 4.78 is 0.427. The summed E-state index contributed by atoms with van der Waals surface area (Å²) in [6.07, 6.45) is 2.27. The van der Waals surface area contributed by atoms with Gasteiger partial charge in [-0.25, -0.2) is 0 Å². The zero-order valence-corrected chi connectivity index (χ0v) is 11.1. The van der Waals surface area contributed by atoms with Crippen molar-refractivity contribution in [2.24, 2.45) is 0 Å². The molecule has 1 aromatic rings. The fourth-order valence-corrected chi connectivity index (χ4v) is 2.74. The zero-order chi connectivity index (χ0) is 10.7. The molecule has 0 aliphatic rings. The summed E-state index contributed by atoms with van der Waals surface area (Å²) in [5.41, 5.74) is 3.30. The first kappa shape index (κ1) is 11.8. The Morgan fingerprint density at radius 2 is 2.00 bits per heavy atom. The van der Waals surface area contributed by atoms with Crippen LogP contribution in [0, 0.1) is 13.8 Å². The first-order valence-electron chi connectivity index (χ1n) is 5.00. The molecule has 78 valence electrons. The van der Waals surface area contributed by atoms with Gasteiger partial charge in [-0.2, -0.15) is 0 Å². The fourth-order valence-electron chi connectivity index (χ4n) is 1.64. The summed E-state index contributed by atoms with van der Waals surface area (Å²) in [4.78, 5) is 0. The molecule has 0 fully saturated rings. The third-order valence-electron chi connectivity index (χ3n) is 2.35. The Bertz CT molecular complexity index is 320. The Labute approximate surface area is 99.7 Å². The van der Waals surface area contributed by atoms with Crippen LogP contribution in [0.25, 0.3) is 0 Å². The number of phenols is 1. The molecular weight excluding hydrogens is 287 g/mol. The molecule has 14 heavy (non-hydrogen) atoms. The summed E-state index contributed by atoms with van der Waals surface area (Å²) in [6, 6.07) is 4.11. The molecule has 0 aromatic heterocycles. The van der Waals surface area contributed by atoms with Crippen molar-refractivity contribution in [2.45, 2.75) is 37.5 Å². The van der Waals surface area contributed by atoms with Gasteiger partial charge in [0.15, 0.2) is 0 Å². The maximum Gasteiger partial charge on any atom is 0.122 e. The maximum atomic E-state index is 9.91. The first-order chi connectivity index (χ1) is 6.56. The van der Waals surface area contributed by atoms with Crippen LogP contribution in [0.15, 0.2) is 12.1 Å². The van der Waals surface area contributed by atoms with Crippen molar-refractivity contribution in [3.63, 3.8) is 0 Å². The number of benzene rings is 1. The van der Waals surface area contributed by atoms with Gasteiger partial charge >= 0.3 is 0 Å². The predicted molar refractivity (Wildman–Crippen MR) is 69.2 cm³/mol. The number of aryl methyl sites for hydroxylation is 2. The molecule has 1 nitrogen and oxygen atoms in total. The van der Waals surface area contributed by atoms with E-state index in [1.54, 1.807) is 0 Å². The third-order valence-corrected chi connectivity index (χ3v) is 3.65. The van der Waals surface area contributed by atoms with Gasteiger partial charge in [0.05, 0.1) is 0 Å². The van der Waals surface area contributed by atoms with Gasteiger partial charge in [-0.05, 0) is 25.8 Å². The predicted octanol–water partition coefficient (Wildman–Crippen LogP) is 4.29. The van der Waals surface area contributed by atoms with Gasteiger partial charge in [0, 0.05) is 9.49 Å². The number of halogens is 1. The van der Waals surface area contributed by atoms with Crippen molar-refractivity contribution < 1.29 is 5.11 Å². The molecule has 1 atom stereocenters. The molecule has 1 unspecified atom stereocenters. The summed E-state index contributed by atoms with van der Waals surface area (Å²) in [6.45, 7) is 6.21. The number of alkyl halides is 1. The average molecular weight is 304 g/mol. The van der Waals surface area contributed by atoms with Gasteiger partial charge in [0.1, 0.15) is 5.75 Å². The Morgan fingerprint density at radius 1 is 1.36 bits per heavy atom. The molecule has 1 N–H and O–H groups in total. The van der Waals surface area contributed by atoms with Crippen molar-refractivity contribution in [2.75, 3.05) is 0 Å². The first-order valence-corrected chi connectivity index (χ1v) is 6.25. The second-order valence-electron chi connectivity index (χ2n) is 3.78. The highest BCUT2D eigenvalue weighted by atomic mass is 127. The molecule has 0 saturated heterocycles. The average Bonchev–Trinajstić information content (AvgIpc) is 2.11. The van der Waals surface area contributed by atoms with E-state index in [2.05, 4.69) is 42.5 Å². The van der Waals surface area contributed by atoms with E-state index in [9.17, 15) is 5.11 Å². The van der Waals surface area contributed by atoms with Crippen LogP contribution in [0.2, 0.25) is 0 Å². The van der Waals surface area contributed by atoms with Gasteiger partial charge in [0.2, 0.25) is 0 Å². The third kappa shape index (κ3) is 2.62. The lowest BCUT2D eigenvalue weighted by Gasteiger charge is -2.13. The standard InChI is InChI=1S/C12H17IO/c1-4-5-11(13)10-7-8(2)6-9(3)12(10)14/h6-7,11,14H,4-5H2,1-3H3. The number of rotatable bonds is 3. The number of phenolic OH excluding ortho intramolecular Hbond substituents is 1. The van der Waals surface area contributed by atoms with E-state index in [0.717, 1.165) is 24.0 Å². The van der Waals surface area contributed by atoms with Gasteiger partial charge in [-0.3, -0.25) is 0 Å². The lowest BCUT2D eigenvalue weighted by atomic mass is 10.0. The van der Waals surface area contributed by atoms with E-state index in [0.29, 0.717) is 9.67 Å². The van der Waals surface area contributed by atoms with Gasteiger partial charge in [-0.1, -0.05) is 53.6 Å². The van der Waals surface area contributed by atoms with Gasteiger partial charge in [0.25, 0.3) is 0 Å². The number of hydrogen-bond acceptors (Lipinski definition) is 1. The molecule has 0 amide bonds. The molecule has 0 saturated carbocycles. The molecule has 0 aliphatic heterocycles. The highest BCUT2D eigenvalue weighted by molar-refractivity contribution is 14.1. The molecule has 0 bridgehead atoms. The second kappa shape index (κ2) is 5.01. The normalized spacial score (nSPS) is 12.9. The quantitative estimate of drug-likeness (QED) is 0.652. The molecule has 0 heterocycles. The summed E-state index contributed by atoms with van der Waals surface area (Å²) in [5, 5.41) is 9.91. The number of hydrogen-bond donors (Lipinski definition) is 1. The summed E-state index contributed by atoms with van der Waals surface area (Å²) >= 11 is 2.41. The monoisotopic (exact) mass is 304 g/mol. The molecule has 0 aliphatic carbocycles. The summed E-state index contributed by atoms with van der Waals surface area (Å²) in [7, 11) is 0. The van der Waals surface area contributed by atoms with Crippen LogP contribution in [-0.2, 0) is 0 Å². The maximum absolute atomic E-state index is 9.91. The van der Waals surface area contributed by atoms with E-state index in [-0.39, 0.29) is 0 Å². The highest BCUT2D eigenvalue weighted by Crippen LogP contribution is 2.36. The van der Waals surface area contributed by atoms with Crippen LogP contribution < -0.4 is 0 Å². The van der Waals surface area contributed by atoms with Crippen LogP contribution >= 0.6 is 22.6 Å². The topological polar surface area (TPSA) is 20.2 Å². The minimum absolute atomic E-state index is 0.427. The number of aromatic hydroxyl groups is 1. The molecule has 1 aromatic carbocycles. The molecule has 0 radical (unpaired) electrons. The van der Waals surface area contributed by atoms with E-state index in [1.165, 1.54) is 5.56 Å². The van der Waals surface area contributed by atoms with Crippen molar-refractivity contribution in [1.82, 2.24) is 0 Å². The molecule has 2 heteroatoms. The van der Waals surface area contributed by atoms with Crippen molar-refractivity contribution >= 4 is 22.6 Å². The van der Waals surface area contributed by atoms with Gasteiger partial charge < -0.3 is 5.11 Å². The van der Waals surface area contributed by atoms with Crippen molar-refractivity contribution in [3.8, 4) is 5.75 Å². The van der Waals surface area contributed by atoms with Crippen LogP contribution in [0.4, 0.5) is 0 Å². The van der Waals surface area contributed by atoms with Gasteiger partial charge in [-0.15, -0.1) is 0 Å². The smallest absolute Gasteiger partial charge is 0.122 e. The Kier molecular flexibility index (Phi) is 4.23. The lowest BCUT2D eigenvalue weighted by Crippen LogP contribution is -1.93. The van der Waals surface area contributed by atoms with Crippen molar-refractivity contribution in [1.29, 1.82) is 0 Å². The largest absolute Gasteiger partial charge is 0.507 e. The minimum atomic E-state index is 0.427. The Morgan fingerprint density at radius 3 is 2.57 bits per heavy atom. The Balaban J connectivity index is 3.07. The SMILES string of the molecule is CCCC(I)c1cc(C)cc(C)c1O. The highest BCUT2D eigenvalue weighted by Gasteiger charge is 2.13. The van der Waals surface area contributed by atoms with E-state index in [1.807, 2.05) is 13.0 Å². The van der Waals surface area contributed by atoms with E-state index >= 15 is 0 Å². The van der Waals surface area contributed by atoms with E-state index < -0.39 is 0 Å². The Hall–Kier alpha value is -0.250. The minimum Gasteiger partial charge on any atom is -0.507 e. The van der Waals surface area contributed by atoms with E-state index in [4.69, 9.17) is 0 Å². The molecule has 1 rings (SSSR count). The van der Waals surface area contributed by atoms with Crippen LogP contribution in [-0.4, -0.2) is 5.11 Å². The lowest BCUT2D eigenvalue weighted by molar-refractivity contribution is 0.462. The zero-order valence-electron chi connectivity index (χ0n) is 8.97. The molecular formula is C12H17IO.